The van der Waals surface area contributed by atoms with Gasteiger partial charge in [-0.25, -0.2) is 18.3 Å². The summed E-state index contributed by atoms with van der Waals surface area (Å²) in [7, 11) is 0. The number of carbonyl (C=O) groups is 2. The van der Waals surface area contributed by atoms with Gasteiger partial charge in [0.1, 0.15) is 18.0 Å². The minimum Gasteiger partial charge on any atom is -0.382 e. The summed E-state index contributed by atoms with van der Waals surface area (Å²) in [6.07, 6.45) is -5.40. The minimum absolute atomic E-state index is 0.0195. The summed E-state index contributed by atoms with van der Waals surface area (Å²) in [5, 5.41) is 6.40. The summed E-state index contributed by atoms with van der Waals surface area (Å²) in [5.74, 6) is -2.03. The number of alkyl halides is 5. The lowest BCUT2D eigenvalue weighted by Gasteiger charge is -2.22. The lowest BCUT2D eigenvalue weighted by Crippen LogP contribution is -2.44. The number of hydrogen-bond donors (Lipinski definition) is 2. The third kappa shape index (κ3) is 4.79. The highest BCUT2D eigenvalue weighted by atomic mass is 19.4. The summed E-state index contributed by atoms with van der Waals surface area (Å²) in [4.78, 5) is 34.2. The van der Waals surface area contributed by atoms with Crippen LogP contribution in [-0.4, -0.2) is 67.3 Å². The van der Waals surface area contributed by atoms with Crippen molar-refractivity contribution in [3.05, 3.63) is 41.0 Å². The number of anilines is 1. The van der Waals surface area contributed by atoms with E-state index in [-0.39, 0.29) is 41.4 Å². The van der Waals surface area contributed by atoms with E-state index < -0.39 is 47.0 Å². The first-order valence-electron chi connectivity index (χ1n) is 11.2. The highest BCUT2D eigenvalue weighted by Crippen LogP contribution is 2.39. The van der Waals surface area contributed by atoms with E-state index in [1.165, 1.54) is 13.0 Å². The van der Waals surface area contributed by atoms with Crippen molar-refractivity contribution in [2.45, 2.75) is 51.8 Å². The molecule has 14 heteroatoms. The number of nitrogens with two attached hydrogens (primary N) is 1. The van der Waals surface area contributed by atoms with Crippen molar-refractivity contribution in [1.29, 1.82) is 0 Å². The molecule has 3 N–H and O–H groups in total. The zero-order chi connectivity index (χ0) is 27.4. The molecule has 0 unspecified atom stereocenters. The van der Waals surface area contributed by atoms with Crippen molar-refractivity contribution < 1.29 is 31.5 Å². The largest absolute Gasteiger partial charge is 0.418 e. The van der Waals surface area contributed by atoms with Gasteiger partial charge in [0.2, 0.25) is 0 Å². The van der Waals surface area contributed by atoms with Crippen LogP contribution in [-0.2, 0) is 11.0 Å². The smallest absolute Gasteiger partial charge is 0.382 e. The van der Waals surface area contributed by atoms with Crippen LogP contribution in [0.15, 0.2) is 18.5 Å². The molecule has 198 valence electrons. The summed E-state index contributed by atoms with van der Waals surface area (Å²) in [6, 6.07) is 1.07. The number of aromatic nitrogens is 4. The summed E-state index contributed by atoms with van der Waals surface area (Å²) in [6.45, 7) is 4.57. The Balaban J connectivity index is 1.70. The number of halogens is 5. The fourth-order valence-electron chi connectivity index (χ4n) is 4.38. The zero-order valence-corrected chi connectivity index (χ0v) is 20.3. The predicted molar refractivity (Wildman–Crippen MR) is 123 cm³/mol. The molecule has 3 aromatic heterocycles. The molecule has 1 aliphatic heterocycles. The lowest BCUT2D eigenvalue weighted by molar-refractivity contribution is -0.141. The first-order chi connectivity index (χ1) is 17.1. The SMILES string of the molecule is Cc1nc(C)c(-c2cc(C(F)(F)F)c3c(N)ncnn23)cc1C(=O)N[C@@H]1CN(C(=O)C(C)(C)F)C[C@@H]1F. The quantitative estimate of drug-likeness (QED) is 0.506. The Hall–Kier alpha value is -3.84. The molecule has 9 nitrogen and oxygen atoms in total. The Morgan fingerprint density at radius 3 is 2.41 bits per heavy atom. The third-order valence-electron chi connectivity index (χ3n) is 6.17. The molecule has 37 heavy (non-hydrogen) atoms. The first kappa shape index (κ1) is 26.2. The Labute approximate surface area is 207 Å². The molecular weight excluding hydrogens is 501 g/mol. The molecule has 4 rings (SSSR count). The van der Waals surface area contributed by atoms with Crippen LogP contribution in [0.1, 0.15) is 41.2 Å². The number of nitrogen functional groups attached to an aromatic ring is 1. The highest BCUT2D eigenvalue weighted by molar-refractivity contribution is 5.97. The van der Waals surface area contributed by atoms with Crippen molar-refractivity contribution >= 4 is 23.1 Å². The second-order valence-electron chi connectivity index (χ2n) is 9.38. The van der Waals surface area contributed by atoms with Crippen molar-refractivity contribution in [3.63, 3.8) is 0 Å². The Morgan fingerprint density at radius 1 is 1.11 bits per heavy atom. The maximum absolute atomic E-state index is 14.6. The molecule has 0 bridgehead atoms. The fourth-order valence-corrected chi connectivity index (χ4v) is 4.38. The van der Waals surface area contributed by atoms with E-state index in [0.717, 1.165) is 35.7 Å². The maximum Gasteiger partial charge on any atom is 0.418 e. The van der Waals surface area contributed by atoms with Gasteiger partial charge in [0.05, 0.1) is 35.1 Å². The van der Waals surface area contributed by atoms with Crippen LogP contribution in [0.5, 0.6) is 0 Å². The zero-order valence-electron chi connectivity index (χ0n) is 20.3. The molecule has 4 heterocycles. The Bertz CT molecular complexity index is 1400. The molecule has 1 fully saturated rings. The maximum atomic E-state index is 14.6. The number of aryl methyl sites for hydroxylation is 2. The highest BCUT2D eigenvalue weighted by Gasteiger charge is 2.42. The molecule has 1 saturated heterocycles. The van der Waals surface area contributed by atoms with Crippen molar-refractivity contribution in [1.82, 2.24) is 29.8 Å². The van der Waals surface area contributed by atoms with E-state index in [1.807, 2.05) is 0 Å². The van der Waals surface area contributed by atoms with Gasteiger partial charge in [0.15, 0.2) is 11.5 Å². The second kappa shape index (κ2) is 8.92. The molecule has 1 aliphatic rings. The van der Waals surface area contributed by atoms with E-state index in [0.29, 0.717) is 5.69 Å². The van der Waals surface area contributed by atoms with Gasteiger partial charge >= 0.3 is 6.18 Å². The Morgan fingerprint density at radius 2 is 1.78 bits per heavy atom. The average Bonchev–Trinajstić information content (AvgIpc) is 3.34. The Kier molecular flexibility index (Phi) is 6.32. The third-order valence-corrected chi connectivity index (χ3v) is 6.17. The molecule has 0 aromatic carbocycles. The van der Waals surface area contributed by atoms with Crippen molar-refractivity contribution in [2.24, 2.45) is 0 Å². The number of likely N-dealkylation sites (tertiary alicyclic amines) is 1. The van der Waals surface area contributed by atoms with Gasteiger partial charge in [0, 0.05) is 17.8 Å². The van der Waals surface area contributed by atoms with Crippen LogP contribution in [0.2, 0.25) is 0 Å². The van der Waals surface area contributed by atoms with Gasteiger partial charge < -0.3 is 16.0 Å². The molecule has 2 atom stereocenters. The number of hydrogen-bond acceptors (Lipinski definition) is 6. The topological polar surface area (TPSA) is 119 Å². The summed E-state index contributed by atoms with van der Waals surface area (Å²) >= 11 is 0. The number of rotatable bonds is 4. The lowest BCUT2D eigenvalue weighted by atomic mass is 10.0. The van der Waals surface area contributed by atoms with E-state index in [1.54, 1.807) is 6.92 Å². The van der Waals surface area contributed by atoms with Crippen LogP contribution in [0.4, 0.5) is 27.8 Å². The monoisotopic (exact) mass is 525 g/mol. The molecule has 2 amide bonds. The van der Waals surface area contributed by atoms with Gasteiger partial charge in [-0.2, -0.15) is 18.3 Å². The van der Waals surface area contributed by atoms with E-state index in [9.17, 15) is 31.5 Å². The number of fused-ring (bicyclic) bond motifs is 1. The van der Waals surface area contributed by atoms with Crippen molar-refractivity contribution in [2.75, 3.05) is 18.8 Å². The standard InChI is InChI=1S/C23H24F5N7O2/c1-10-12(17-6-14(23(26,27)28)18-19(29)30-9-31-35(17)18)5-13(11(2)32-10)20(36)33-16-8-34(7-15(16)24)21(37)22(3,4)25/h5-6,9,15-16H,7-8H2,1-4H3,(H,33,36)(H2,29,30,31)/t15-,16+/m0/s1. The van der Waals surface area contributed by atoms with E-state index >= 15 is 0 Å². The molecule has 0 radical (unpaired) electrons. The first-order valence-corrected chi connectivity index (χ1v) is 11.2. The summed E-state index contributed by atoms with van der Waals surface area (Å²) in [5.41, 5.74) is 2.69. The van der Waals surface area contributed by atoms with Crippen molar-refractivity contribution in [3.8, 4) is 11.3 Å². The number of nitrogens with zero attached hydrogens (tertiary/aromatic N) is 5. The average molecular weight is 525 g/mol. The van der Waals surface area contributed by atoms with Gasteiger partial charge in [-0.15, -0.1) is 0 Å². The van der Waals surface area contributed by atoms with Gasteiger partial charge in [-0.3, -0.25) is 14.6 Å². The molecule has 0 aliphatic carbocycles. The number of nitrogens with one attached hydrogen (secondary N) is 1. The molecule has 3 aromatic rings. The van der Waals surface area contributed by atoms with E-state index in [4.69, 9.17) is 5.73 Å². The molecule has 0 spiro atoms. The number of pyridine rings is 1. The fraction of sp³-hybridized carbons (Fsp3) is 0.435. The predicted octanol–water partition coefficient (Wildman–Crippen LogP) is 3.04. The van der Waals surface area contributed by atoms with Gasteiger partial charge in [-0.1, -0.05) is 0 Å². The molecular formula is C23H24F5N7O2. The normalized spacial score (nSPS) is 18.5. The van der Waals surface area contributed by atoms with Crippen LogP contribution in [0.3, 0.4) is 0 Å². The van der Waals surface area contributed by atoms with Gasteiger partial charge in [-0.05, 0) is 39.8 Å². The van der Waals surface area contributed by atoms with E-state index in [2.05, 4.69) is 20.4 Å². The minimum atomic E-state index is -4.76. The number of carbonyl (C=O) groups excluding carboxylic acids is 2. The van der Waals surface area contributed by atoms with Crippen LogP contribution in [0.25, 0.3) is 16.8 Å². The number of amides is 2. The van der Waals surface area contributed by atoms with Gasteiger partial charge in [0.25, 0.3) is 11.8 Å². The van der Waals surface area contributed by atoms with Crippen LogP contribution >= 0.6 is 0 Å². The molecule has 0 saturated carbocycles. The van der Waals surface area contributed by atoms with Crippen LogP contribution < -0.4 is 11.1 Å². The summed E-state index contributed by atoms with van der Waals surface area (Å²) < 4.78 is 70.8. The second-order valence-corrected chi connectivity index (χ2v) is 9.38. The van der Waals surface area contributed by atoms with Crippen LogP contribution in [0, 0.1) is 13.8 Å².